The molecular formula is C17H24N2O5S. The van der Waals surface area contributed by atoms with Crippen LogP contribution in [0.25, 0.3) is 0 Å². The fourth-order valence-electron chi connectivity index (χ4n) is 3.32. The summed E-state index contributed by atoms with van der Waals surface area (Å²) in [6, 6.07) is 3.10. The Morgan fingerprint density at radius 3 is 2.52 bits per heavy atom. The van der Waals surface area contributed by atoms with Crippen molar-refractivity contribution < 1.29 is 22.7 Å². The molecule has 2 fully saturated rings. The Kier molecular flexibility index (Phi) is 4.78. The average molecular weight is 368 g/mol. The number of carbonyl (C=O) groups excluding carboxylic acids is 1. The maximum Gasteiger partial charge on any atom is 0.246 e. The van der Waals surface area contributed by atoms with E-state index in [9.17, 15) is 13.2 Å². The number of methoxy groups -OCH3 is 1. The summed E-state index contributed by atoms with van der Waals surface area (Å²) < 4.78 is 38.9. The molecule has 0 radical (unpaired) electrons. The zero-order valence-corrected chi connectivity index (χ0v) is 15.8. The first kappa shape index (κ1) is 18.2. The predicted molar refractivity (Wildman–Crippen MR) is 92.1 cm³/mol. The van der Waals surface area contributed by atoms with Crippen LogP contribution in [-0.4, -0.2) is 70.0 Å². The number of benzene rings is 1. The zero-order chi connectivity index (χ0) is 18.4. The van der Waals surface area contributed by atoms with E-state index < -0.39 is 15.9 Å². The van der Waals surface area contributed by atoms with E-state index in [1.807, 2.05) is 13.8 Å². The van der Waals surface area contributed by atoms with Gasteiger partial charge in [0, 0.05) is 20.1 Å². The number of hydrogen-bond acceptors (Lipinski definition) is 5. The van der Waals surface area contributed by atoms with E-state index in [0.717, 1.165) is 11.1 Å². The zero-order valence-electron chi connectivity index (χ0n) is 15.0. The average Bonchev–Trinajstić information content (AvgIpc) is 2.75. The summed E-state index contributed by atoms with van der Waals surface area (Å²) in [5, 5.41) is 0. The molecule has 0 N–H and O–H groups in total. The van der Waals surface area contributed by atoms with Crippen molar-refractivity contribution in [2.45, 2.75) is 24.8 Å². The highest BCUT2D eigenvalue weighted by molar-refractivity contribution is 7.89. The monoisotopic (exact) mass is 368 g/mol. The summed E-state index contributed by atoms with van der Waals surface area (Å²) in [6.45, 7) is 4.71. The van der Waals surface area contributed by atoms with Crippen molar-refractivity contribution in [1.29, 1.82) is 0 Å². The summed E-state index contributed by atoms with van der Waals surface area (Å²) in [6.07, 6.45) is 0. The van der Waals surface area contributed by atoms with Crippen LogP contribution in [0.15, 0.2) is 17.0 Å². The Morgan fingerprint density at radius 1 is 1.16 bits per heavy atom. The molecular weight excluding hydrogens is 344 g/mol. The molecule has 1 amide bonds. The molecule has 25 heavy (non-hydrogen) atoms. The van der Waals surface area contributed by atoms with Crippen molar-refractivity contribution in [3.63, 3.8) is 0 Å². The van der Waals surface area contributed by atoms with Gasteiger partial charge in [0.1, 0.15) is 10.6 Å². The van der Waals surface area contributed by atoms with Gasteiger partial charge in [-0.2, -0.15) is 4.31 Å². The Labute approximate surface area is 148 Å². The number of likely N-dealkylation sites (N-methyl/N-ethyl adjacent to an activating group) is 1. The summed E-state index contributed by atoms with van der Waals surface area (Å²) in [7, 11) is -0.609. The van der Waals surface area contributed by atoms with E-state index in [0.29, 0.717) is 12.4 Å². The molecule has 8 heteroatoms. The van der Waals surface area contributed by atoms with Crippen LogP contribution in [-0.2, 0) is 19.6 Å². The first-order chi connectivity index (χ1) is 11.8. The van der Waals surface area contributed by atoms with Crippen LogP contribution in [0.3, 0.4) is 0 Å². The lowest BCUT2D eigenvalue weighted by Crippen LogP contribution is -2.45. The smallest absolute Gasteiger partial charge is 0.246 e. The molecule has 0 aliphatic carbocycles. The topological polar surface area (TPSA) is 76.2 Å². The SMILES string of the molecule is COc1cc(C)c(C)cc1S(=O)(=O)N1C[C@@H]2COC[C@H](C1)N(C)C2=O. The molecule has 0 aromatic heterocycles. The van der Waals surface area contributed by atoms with Crippen LogP contribution in [0.1, 0.15) is 11.1 Å². The van der Waals surface area contributed by atoms with Crippen LogP contribution in [0.2, 0.25) is 0 Å². The minimum Gasteiger partial charge on any atom is -0.495 e. The number of sulfonamides is 1. The van der Waals surface area contributed by atoms with Crippen molar-refractivity contribution >= 4 is 15.9 Å². The summed E-state index contributed by atoms with van der Waals surface area (Å²) in [4.78, 5) is 14.2. The Balaban J connectivity index is 2.04. The van der Waals surface area contributed by atoms with E-state index >= 15 is 0 Å². The number of carbonyl (C=O) groups is 1. The molecule has 2 bridgehead atoms. The molecule has 1 aromatic carbocycles. The Hall–Kier alpha value is -1.64. The van der Waals surface area contributed by atoms with Gasteiger partial charge < -0.3 is 14.4 Å². The fourth-order valence-corrected chi connectivity index (χ4v) is 5.06. The van der Waals surface area contributed by atoms with Crippen molar-refractivity contribution in [3.8, 4) is 5.75 Å². The van der Waals surface area contributed by atoms with Crippen LogP contribution < -0.4 is 4.74 Å². The molecule has 0 spiro atoms. The minimum atomic E-state index is -3.78. The van der Waals surface area contributed by atoms with Crippen molar-refractivity contribution in [2.24, 2.45) is 5.92 Å². The largest absolute Gasteiger partial charge is 0.495 e. The van der Waals surface area contributed by atoms with E-state index in [4.69, 9.17) is 9.47 Å². The van der Waals surface area contributed by atoms with Gasteiger partial charge in [-0.15, -0.1) is 0 Å². The molecule has 1 aromatic rings. The molecule has 2 aliphatic rings. The maximum atomic E-state index is 13.3. The van der Waals surface area contributed by atoms with Gasteiger partial charge in [0.2, 0.25) is 15.9 Å². The molecule has 3 rings (SSSR count). The Morgan fingerprint density at radius 2 is 1.84 bits per heavy atom. The van der Waals surface area contributed by atoms with Gasteiger partial charge in [-0.05, 0) is 37.1 Å². The molecule has 138 valence electrons. The van der Waals surface area contributed by atoms with E-state index in [2.05, 4.69) is 0 Å². The third-order valence-corrected chi connectivity index (χ3v) is 6.96. The first-order valence-corrected chi connectivity index (χ1v) is 9.69. The maximum absolute atomic E-state index is 13.3. The second kappa shape index (κ2) is 6.59. The number of nitrogens with zero attached hydrogens (tertiary/aromatic N) is 2. The van der Waals surface area contributed by atoms with Gasteiger partial charge in [0.05, 0.1) is 32.3 Å². The van der Waals surface area contributed by atoms with E-state index in [-0.39, 0.29) is 36.5 Å². The molecule has 2 aliphatic heterocycles. The quantitative estimate of drug-likeness (QED) is 0.788. The second-order valence-electron chi connectivity index (χ2n) is 6.75. The van der Waals surface area contributed by atoms with Gasteiger partial charge in [-0.25, -0.2) is 8.42 Å². The highest BCUT2D eigenvalue weighted by Gasteiger charge is 2.42. The van der Waals surface area contributed by atoms with Gasteiger partial charge in [0.25, 0.3) is 0 Å². The lowest BCUT2D eigenvalue weighted by molar-refractivity contribution is -0.133. The number of rotatable bonds is 3. The van der Waals surface area contributed by atoms with Gasteiger partial charge in [-0.3, -0.25) is 4.79 Å². The van der Waals surface area contributed by atoms with E-state index in [1.165, 1.54) is 11.4 Å². The van der Waals surface area contributed by atoms with Gasteiger partial charge in [0.15, 0.2) is 0 Å². The molecule has 0 saturated carbocycles. The van der Waals surface area contributed by atoms with Crippen molar-refractivity contribution in [2.75, 3.05) is 40.5 Å². The number of ether oxygens (including phenoxy) is 2. The summed E-state index contributed by atoms with van der Waals surface area (Å²) >= 11 is 0. The predicted octanol–water partition coefficient (Wildman–Crippen LogP) is 0.790. The number of aryl methyl sites for hydroxylation is 2. The van der Waals surface area contributed by atoms with E-state index in [1.54, 1.807) is 24.1 Å². The number of hydrogen-bond donors (Lipinski definition) is 0. The lowest BCUT2D eigenvalue weighted by atomic mass is 10.1. The molecule has 2 heterocycles. The molecule has 2 atom stereocenters. The lowest BCUT2D eigenvalue weighted by Gasteiger charge is -2.29. The second-order valence-corrected chi connectivity index (χ2v) is 8.65. The highest BCUT2D eigenvalue weighted by Crippen LogP contribution is 2.32. The third kappa shape index (κ3) is 3.14. The van der Waals surface area contributed by atoms with Crippen LogP contribution in [0, 0.1) is 19.8 Å². The summed E-state index contributed by atoms with van der Waals surface area (Å²) in [5.41, 5.74) is 1.85. The summed E-state index contributed by atoms with van der Waals surface area (Å²) in [5.74, 6) is -0.217. The molecule has 7 nitrogen and oxygen atoms in total. The van der Waals surface area contributed by atoms with Crippen LogP contribution in [0.5, 0.6) is 5.75 Å². The minimum absolute atomic E-state index is 0.0627. The fraction of sp³-hybridized carbons (Fsp3) is 0.588. The third-order valence-electron chi connectivity index (χ3n) is 5.11. The van der Waals surface area contributed by atoms with Crippen LogP contribution in [0.4, 0.5) is 0 Å². The normalized spacial score (nSPS) is 25.0. The van der Waals surface area contributed by atoms with Gasteiger partial charge >= 0.3 is 0 Å². The number of amides is 1. The number of fused-ring (bicyclic) bond motifs is 3. The van der Waals surface area contributed by atoms with Crippen molar-refractivity contribution in [3.05, 3.63) is 23.3 Å². The highest BCUT2D eigenvalue weighted by atomic mass is 32.2. The first-order valence-electron chi connectivity index (χ1n) is 8.25. The van der Waals surface area contributed by atoms with Gasteiger partial charge in [-0.1, -0.05) is 0 Å². The molecule has 2 saturated heterocycles. The standard InChI is InChI=1S/C17H24N2O5S/c1-11-5-15(23-4)16(6-12(11)2)25(21,22)19-7-13-9-24-10-14(8-19)18(3)17(13)20/h5-6,13-14H,7-10H2,1-4H3/t13-,14+/m1/s1. The Bertz CT molecular complexity index is 792. The molecule has 0 unspecified atom stereocenters. The van der Waals surface area contributed by atoms with Crippen LogP contribution >= 0.6 is 0 Å². The van der Waals surface area contributed by atoms with Crippen molar-refractivity contribution in [1.82, 2.24) is 9.21 Å².